The lowest BCUT2D eigenvalue weighted by Gasteiger charge is -2.10. The molecule has 0 unspecified atom stereocenters. The highest BCUT2D eigenvalue weighted by Gasteiger charge is 2.14. The molecular weight excluding hydrogens is 330 g/mol. The van der Waals surface area contributed by atoms with Crippen LogP contribution in [-0.4, -0.2) is 13.5 Å². The Balaban J connectivity index is 2.37. The van der Waals surface area contributed by atoms with Gasteiger partial charge in [-0.25, -0.2) is 8.42 Å². The zero-order valence-corrected chi connectivity index (χ0v) is 12.5. The summed E-state index contributed by atoms with van der Waals surface area (Å²) in [5.74, 6) is 0.0997. The largest absolute Gasteiger partial charge is 0.506 e. The van der Waals surface area contributed by atoms with E-state index in [0.717, 1.165) is 0 Å². The number of sulfonamides is 1. The molecule has 0 saturated heterocycles. The Morgan fingerprint density at radius 3 is 2.37 bits per heavy atom. The molecule has 0 saturated carbocycles. The number of hydrogen-bond acceptors (Lipinski definition) is 3. The van der Waals surface area contributed by atoms with E-state index in [2.05, 4.69) is 20.7 Å². The molecule has 4 nitrogen and oxygen atoms in total. The Kier molecular flexibility index (Phi) is 3.82. The van der Waals surface area contributed by atoms with Gasteiger partial charge in [-0.05, 0) is 52.7 Å². The van der Waals surface area contributed by atoms with Crippen LogP contribution in [0.3, 0.4) is 0 Å². The number of aryl methyl sites for hydroxylation is 1. The second kappa shape index (κ2) is 5.22. The maximum Gasteiger partial charge on any atom is 0.261 e. The molecule has 0 aromatic heterocycles. The molecule has 0 aliphatic rings. The zero-order chi connectivity index (χ0) is 14.0. The molecule has 2 rings (SSSR count). The molecule has 0 aliphatic carbocycles. The SMILES string of the molecule is Cc1cc(NS(=O)(=O)c2ccccc2)cc(Br)c1O. The van der Waals surface area contributed by atoms with Crippen molar-refractivity contribution < 1.29 is 13.5 Å². The average molecular weight is 342 g/mol. The number of benzene rings is 2. The molecular formula is C13H12BrNO3S. The quantitative estimate of drug-likeness (QED) is 0.842. The van der Waals surface area contributed by atoms with Crippen LogP contribution in [0.25, 0.3) is 0 Å². The lowest BCUT2D eigenvalue weighted by Crippen LogP contribution is -2.12. The van der Waals surface area contributed by atoms with Crippen LogP contribution >= 0.6 is 15.9 Å². The first-order valence-corrected chi connectivity index (χ1v) is 7.75. The second-order valence-corrected chi connectivity index (χ2v) is 6.58. The third-order valence-electron chi connectivity index (χ3n) is 2.56. The standard InChI is InChI=1S/C13H12BrNO3S/c1-9-7-10(8-12(14)13(9)16)15-19(17,18)11-5-3-2-4-6-11/h2-8,15-16H,1H3. The minimum Gasteiger partial charge on any atom is -0.506 e. The van der Waals surface area contributed by atoms with E-state index in [-0.39, 0.29) is 10.6 Å². The molecule has 0 aliphatic heterocycles. The van der Waals surface area contributed by atoms with Crippen molar-refractivity contribution in [3.05, 3.63) is 52.5 Å². The van der Waals surface area contributed by atoms with E-state index in [4.69, 9.17) is 0 Å². The lowest BCUT2D eigenvalue weighted by atomic mass is 10.2. The number of rotatable bonds is 3. The molecule has 2 aromatic rings. The summed E-state index contributed by atoms with van der Waals surface area (Å²) in [7, 11) is -3.61. The predicted octanol–water partition coefficient (Wildman–Crippen LogP) is 3.26. The van der Waals surface area contributed by atoms with Gasteiger partial charge in [0.25, 0.3) is 10.0 Å². The lowest BCUT2D eigenvalue weighted by molar-refractivity contribution is 0.468. The fourth-order valence-corrected chi connectivity index (χ4v) is 3.23. The van der Waals surface area contributed by atoms with Crippen molar-refractivity contribution in [2.45, 2.75) is 11.8 Å². The van der Waals surface area contributed by atoms with Crippen molar-refractivity contribution >= 4 is 31.6 Å². The Morgan fingerprint density at radius 2 is 1.79 bits per heavy atom. The molecule has 0 bridgehead atoms. The van der Waals surface area contributed by atoms with Gasteiger partial charge in [-0.15, -0.1) is 0 Å². The van der Waals surface area contributed by atoms with Gasteiger partial charge in [0, 0.05) is 0 Å². The number of halogens is 1. The number of anilines is 1. The number of phenolic OH excluding ortho intramolecular Hbond substituents is 1. The first-order valence-electron chi connectivity index (χ1n) is 5.47. The van der Waals surface area contributed by atoms with E-state index in [1.54, 1.807) is 31.2 Å². The highest BCUT2D eigenvalue weighted by Crippen LogP contribution is 2.31. The number of nitrogens with one attached hydrogen (secondary N) is 1. The van der Waals surface area contributed by atoms with Gasteiger partial charge in [-0.1, -0.05) is 18.2 Å². The summed E-state index contributed by atoms with van der Waals surface area (Å²) in [6.07, 6.45) is 0. The minimum absolute atomic E-state index is 0.0997. The minimum atomic E-state index is -3.61. The van der Waals surface area contributed by atoms with Gasteiger partial charge in [-0.3, -0.25) is 4.72 Å². The molecule has 0 fully saturated rings. The average Bonchev–Trinajstić information content (AvgIpc) is 2.36. The van der Waals surface area contributed by atoms with Crippen LogP contribution in [0.1, 0.15) is 5.56 Å². The van der Waals surface area contributed by atoms with Crippen molar-refractivity contribution in [3.63, 3.8) is 0 Å². The molecule has 0 amide bonds. The molecule has 19 heavy (non-hydrogen) atoms. The summed E-state index contributed by atoms with van der Waals surface area (Å²) < 4.78 is 27.2. The fraction of sp³-hybridized carbons (Fsp3) is 0.0769. The molecule has 0 heterocycles. The van der Waals surface area contributed by atoms with Crippen molar-refractivity contribution in [1.29, 1.82) is 0 Å². The summed E-state index contributed by atoms with van der Waals surface area (Å²) in [5.41, 5.74) is 0.978. The molecule has 0 atom stereocenters. The third kappa shape index (κ3) is 3.08. The van der Waals surface area contributed by atoms with Crippen LogP contribution in [0.4, 0.5) is 5.69 Å². The van der Waals surface area contributed by atoms with Crippen LogP contribution in [0.2, 0.25) is 0 Å². The number of phenols is 1. The fourth-order valence-electron chi connectivity index (χ4n) is 1.61. The van der Waals surface area contributed by atoms with E-state index in [1.807, 2.05) is 0 Å². The van der Waals surface area contributed by atoms with E-state index in [1.165, 1.54) is 18.2 Å². The summed E-state index contributed by atoms with van der Waals surface area (Å²) in [4.78, 5) is 0.192. The first kappa shape index (κ1) is 13.9. The van der Waals surface area contributed by atoms with Crippen LogP contribution in [-0.2, 0) is 10.0 Å². The summed E-state index contributed by atoms with van der Waals surface area (Å²) >= 11 is 3.18. The Labute approximate surface area is 120 Å². The van der Waals surface area contributed by atoms with E-state index >= 15 is 0 Å². The molecule has 0 radical (unpaired) electrons. The third-order valence-corrected chi connectivity index (χ3v) is 4.56. The summed E-state index contributed by atoms with van der Waals surface area (Å²) in [6.45, 7) is 1.69. The van der Waals surface area contributed by atoms with Crippen LogP contribution in [0.15, 0.2) is 51.8 Å². The van der Waals surface area contributed by atoms with Crippen LogP contribution in [0, 0.1) is 6.92 Å². The Hall–Kier alpha value is -1.53. The van der Waals surface area contributed by atoms with Crippen molar-refractivity contribution in [2.24, 2.45) is 0 Å². The summed E-state index contributed by atoms with van der Waals surface area (Å²) in [6, 6.07) is 11.2. The maximum absolute atomic E-state index is 12.1. The maximum atomic E-state index is 12.1. The molecule has 6 heteroatoms. The highest BCUT2D eigenvalue weighted by atomic mass is 79.9. The van der Waals surface area contributed by atoms with Gasteiger partial charge in [0.05, 0.1) is 15.1 Å². The van der Waals surface area contributed by atoms with E-state index in [0.29, 0.717) is 15.7 Å². The van der Waals surface area contributed by atoms with E-state index < -0.39 is 10.0 Å². The predicted molar refractivity (Wildman–Crippen MR) is 77.8 cm³/mol. The number of aromatic hydroxyl groups is 1. The van der Waals surface area contributed by atoms with Crippen LogP contribution < -0.4 is 4.72 Å². The van der Waals surface area contributed by atoms with Gasteiger partial charge >= 0.3 is 0 Å². The molecule has 100 valence electrons. The van der Waals surface area contributed by atoms with Crippen LogP contribution in [0.5, 0.6) is 5.75 Å². The topological polar surface area (TPSA) is 66.4 Å². The Bertz CT molecular complexity index is 676. The van der Waals surface area contributed by atoms with Gasteiger partial charge in [0.15, 0.2) is 0 Å². The first-order chi connectivity index (χ1) is 8.90. The zero-order valence-electron chi connectivity index (χ0n) is 10.1. The smallest absolute Gasteiger partial charge is 0.261 e. The van der Waals surface area contributed by atoms with Gasteiger partial charge in [-0.2, -0.15) is 0 Å². The highest BCUT2D eigenvalue weighted by molar-refractivity contribution is 9.10. The Morgan fingerprint density at radius 1 is 1.16 bits per heavy atom. The van der Waals surface area contributed by atoms with Gasteiger partial charge in [0.1, 0.15) is 5.75 Å². The van der Waals surface area contributed by atoms with Crippen molar-refractivity contribution in [1.82, 2.24) is 0 Å². The monoisotopic (exact) mass is 341 g/mol. The molecule has 0 spiro atoms. The van der Waals surface area contributed by atoms with Gasteiger partial charge < -0.3 is 5.11 Å². The van der Waals surface area contributed by atoms with Crippen molar-refractivity contribution in [3.8, 4) is 5.75 Å². The molecule has 2 aromatic carbocycles. The van der Waals surface area contributed by atoms with E-state index in [9.17, 15) is 13.5 Å². The van der Waals surface area contributed by atoms with Crippen molar-refractivity contribution in [2.75, 3.05) is 4.72 Å². The number of hydrogen-bond donors (Lipinski definition) is 2. The second-order valence-electron chi connectivity index (χ2n) is 4.04. The summed E-state index contributed by atoms with van der Waals surface area (Å²) in [5, 5.41) is 9.62. The normalized spacial score (nSPS) is 11.3. The molecule has 2 N–H and O–H groups in total. The van der Waals surface area contributed by atoms with Gasteiger partial charge in [0.2, 0.25) is 0 Å².